The predicted octanol–water partition coefficient (Wildman–Crippen LogP) is 5.01. The number of allylic oxidation sites excluding steroid dienone is 1. The molecule has 1 aliphatic rings. The van der Waals surface area contributed by atoms with E-state index in [-0.39, 0.29) is 11.9 Å². The first kappa shape index (κ1) is 25.6. The number of thiocarbonyl (C=S) groups is 1. The summed E-state index contributed by atoms with van der Waals surface area (Å²) >= 11 is 18.4. The largest absolute Gasteiger partial charge is 0.399 e. The van der Waals surface area contributed by atoms with E-state index in [0.29, 0.717) is 37.8 Å². The van der Waals surface area contributed by atoms with E-state index in [2.05, 4.69) is 25.9 Å². The monoisotopic (exact) mass is 518 g/mol. The highest BCUT2D eigenvalue weighted by atomic mass is 35.5. The van der Waals surface area contributed by atoms with Gasteiger partial charge in [0.15, 0.2) is 5.82 Å². The quantitative estimate of drug-likeness (QED) is 0.304. The van der Waals surface area contributed by atoms with Crippen molar-refractivity contribution in [2.45, 2.75) is 32.9 Å². The third-order valence-corrected chi connectivity index (χ3v) is 5.52. The normalized spacial score (nSPS) is 15.4. The Kier molecular flexibility index (Phi) is 8.60. The third-order valence-electron chi connectivity index (χ3n) is 4.66. The number of amides is 1. The number of hydrogen-bond acceptors (Lipinski definition) is 7. The van der Waals surface area contributed by atoms with Crippen LogP contribution in [0.1, 0.15) is 29.8 Å². The van der Waals surface area contributed by atoms with Gasteiger partial charge in [0.25, 0.3) is 5.91 Å². The van der Waals surface area contributed by atoms with Crippen molar-refractivity contribution in [2.75, 3.05) is 17.4 Å². The van der Waals surface area contributed by atoms with Crippen LogP contribution in [0.5, 0.6) is 0 Å². The zero-order chi connectivity index (χ0) is 24.8. The van der Waals surface area contributed by atoms with E-state index in [1.165, 1.54) is 13.3 Å². The molecule has 1 aromatic heterocycles. The second-order valence-electron chi connectivity index (χ2n) is 7.66. The van der Waals surface area contributed by atoms with Gasteiger partial charge in [-0.15, -0.1) is 0 Å². The van der Waals surface area contributed by atoms with E-state index in [0.717, 1.165) is 5.56 Å². The SMILES string of the molecule is CO/N=C/C1=NN(c2ncccc2Cl)C(C(=S)Nc2c(C)cc(Cl)cc2C(=O)NC(C)C)C=C1. The van der Waals surface area contributed by atoms with E-state index < -0.39 is 6.04 Å². The molecule has 2 N–H and O–H groups in total. The summed E-state index contributed by atoms with van der Waals surface area (Å²) in [4.78, 5) is 22.4. The number of nitrogens with one attached hydrogen (secondary N) is 2. The van der Waals surface area contributed by atoms with Crippen molar-refractivity contribution >= 4 is 69.7 Å². The fourth-order valence-electron chi connectivity index (χ4n) is 3.22. The molecule has 1 unspecified atom stereocenters. The summed E-state index contributed by atoms with van der Waals surface area (Å²) in [5.74, 6) is 0.155. The maximum atomic E-state index is 12.9. The second kappa shape index (κ2) is 11.4. The Labute approximate surface area is 213 Å². The van der Waals surface area contributed by atoms with Gasteiger partial charge >= 0.3 is 0 Å². The van der Waals surface area contributed by atoms with Crippen LogP contribution in [0.15, 0.2) is 52.9 Å². The van der Waals surface area contributed by atoms with Gasteiger partial charge < -0.3 is 15.5 Å². The van der Waals surface area contributed by atoms with Gasteiger partial charge in [-0.25, -0.2) is 9.99 Å². The molecule has 0 radical (unpaired) electrons. The Balaban J connectivity index is 1.98. The van der Waals surface area contributed by atoms with Crippen molar-refractivity contribution in [3.8, 4) is 0 Å². The van der Waals surface area contributed by atoms with E-state index in [4.69, 9.17) is 40.3 Å². The van der Waals surface area contributed by atoms with Crippen LogP contribution in [-0.4, -0.2) is 47.0 Å². The standard InChI is InChI=1S/C23H24Cl2N6O2S/c1-13(2)28-22(32)17-11-15(24)10-14(3)20(17)29-23(34)19-8-7-16(12-27-33-4)30-31(19)21-18(25)6-5-9-26-21/h5-13,19H,1-4H3,(H,28,32)(H,29,34)/b27-12+. The molecule has 0 saturated heterocycles. The molecular weight excluding hydrogens is 495 g/mol. The lowest BCUT2D eigenvalue weighted by Gasteiger charge is -2.30. The highest BCUT2D eigenvalue weighted by molar-refractivity contribution is 7.80. The molecule has 3 rings (SSSR count). The number of anilines is 2. The summed E-state index contributed by atoms with van der Waals surface area (Å²) < 4.78 is 0. The first-order valence-electron chi connectivity index (χ1n) is 10.4. The summed E-state index contributed by atoms with van der Waals surface area (Å²) in [6.45, 7) is 5.62. The van der Waals surface area contributed by atoms with Gasteiger partial charge in [0.05, 0.1) is 22.5 Å². The van der Waals surface area contributed by atoms with Crippen LogP contribution in [0.25, 0.3) is 0 Å². The summed E-state index contributed by atoms with van der Waals surface area (Å²) in [5, 5.41) is 16.9. The van der Waals surface area contributed by atoms with Crippen molar-refractivity contribution in [1.82, 2.24) is 10.3 Å². The average molecular weight is 519 g/mol. The zero-order valence-electron chi connectivity index (χ0n) is 19.0. The van der Waals surface area contributed by atoms with Crippen molar-refractivity contribution in [1.29, 1.82) is 0 Å². The molecule has 2 heterocycles. The topological polar surface area (TPSA) is 91.2 Å². The Morgan fingerprint density at radius 2 is 2.12 bits per heavy atom. The number of carbonyl (C=O) groups excluding carboxylic acids is 1. The lowest BCUT2D eigenvalue weighted by Crippen LogP contribution is -2.42. The highest BCUT2D eigenvalue weighted by Gasteiger charge is 2.28. The molecule has 0 saturated carbocycles. The minimum absolute atomic E-state index is 0.0452. The van der Waals surface area contributed by atoms with Crippen LogP contribution in [0.3, 0.4) is 0 Å². The van der Waals surface area contributed by atoms with Crippen LogP contribution < -0.4 is 15.6 Å². The van der Waals surface area contributed by atoms with Crippen molar-refractivity contribution in [3.05, 3.63) is 63.8 Å². The van der Waals surface area contributed by atoms with Crippen molar-refractivity contribution in [3.63, 3.8) is 0 Å². The van der Waals surface area contributed by atoms with Crippen molar-refractivity contribution < 1.29 is 9.63 Å². The molecule has 0 fully saturated rings. The maximum Gasteiger partial charge on any atom is 0.253 e. The molecule has 0 bridgehead atoms. The number of hydrogen-bond donors (Lipinski definition) is 2. The number of oxime groups is 1. The molecule has 0 spiro atoms. The van der Waals surface area contributed by atoms with E-state index in [1.54, 1.807) is 41.5 Å². The van der Waals surface area contributed by atoms with Gasteiger partial charge in [-0.2, -0.15) is 5.10 Å². The molecule has 34 heavy (non-hydrogen) atoms. The molecule has 178 valence electrons. The van der Waals surface area contributed by atoms with Gasteiger partial charge in [0.1, 0.15) is 23.9 Å². The second-order valence-corrected chi connectivity index (χ2v) is 8.95. The summed E-state index contributed by atoms with van der Waals surface area (Å²) in [6.07, 6.45) is 6.67. The van der Waals surface area contributed by atoms with E-state index in [1.807, 2.05) is 26.8 Å². The number of halogens is 2. The summed E-state index contributed by atoms with van der Waals surface area (Å²) in [5.41, 5.74) is 2.23. The molecule has 8 nitrogen and oxygen atoms in total. The van der Waals surface area contributed by atoms with Crippen LogP contribution in [0.2, 0.25) is 10.0 Å². The fraction of sp³-hybridized carbons (Fsp3) is 0.261. The minimum atomic E-state index is -0.543. The van der Waals surface area contributed by atoms with Crippen LogP contribution in [0, 0.1) is 6.92 Å². The highest BCUT2D eigenvalue weighted by Crippen LogP contribution is 2.30. The number of rotatable bonds is 7. The number of benzene rings is 1. The Morgan fingerprint density at radius 1 is 1.35 bits per heavy atom. The predicted molar refractivity (Wildman–Crippen MR) is 143 cm³/mol. The number of nitrogens with zero attached hydrogens (tertiary/aromatic N) is 4. The van der Waals surface area contributed by atoms with Gasteiger partial charge in [-0.3, -0.25) is 4.79 Å². The number of aryl methyl sites for hydroxylation is 1. The van der Waals surface area contributed by atoms with Gasteiger partial charge in [-0.05, 0) is 56.7 Å². The molecule has 1 aliphatic heterocycles. The zero-order valence-corrected chi connectivity index (χ0v) is 21.4. The van der Waals surface area contributed by atoms with Crippen LogP contribution in [-0.2, 0) is 4.84 Å². The fourth-order valence-corrected chi connectivity index (χ4v) is 3.98. The van der Waals surface area contributed by atoms with E-state index in [9.17, 15) is 4.79 Å². The summed E-state index contributed by atoms with van der Waals surface area (Å²) in [6, 6.07) is 6.23. The molecular formula is C23H24Cl2N6O2S. The van der Waals surface area contributed by atoms with Crippen LogP contribution >= 0.6 is 35.4 Å². The Bertz CT molecular complexity index is 1180. The molecule has 1 amide bonds. The molecule has 2 aromatic rings. The first-order chi connectivity index (χ1) is 16.2. The minimum Gasteiger partial charge on any atom is -0.399 e. The van der Waals surface area contributed by atoms with Gasteiger partial charge in [-0.1, -0.05) is 46.7 Å². The van der Waals surface area contributed by atoms with Gasteiger partial charge in [0.2, 0.25) is 0 Å². The smallest absolute Gasteiger partial charge is 0.253 e. The number of hydrazone groups is 1. The van der Waals surface area contributed by atoms with E-state index >= 15 is 0 Å². The van der Waals surface area contributed by atoms with Gasteiger partial charge in [0, 0.05) is 17.3 Å². The van der Waals surface area contributed by atoms with Crippen molar-refractivity contribution in [2.24, 2.45) is 10.3 Å². The molecule has 1 atom stereocenters. The summed E-state index contributed by atoms with van der Waals surface area (Å²) in [7, 11) is 1.44. The van der Waals surface area contributed by atoms with Crippen LogP contribution in [0.4, 0.5) is 11.5 Å². The number of pyridine rings is 1. The third kappa shape index (κ3) is 6.11. The Hall–Kier alpha value is -3.01. The maximum absolute atomic E-state index is 12.9. The number of aromatic nitrogens is 1. The lowest BCUT2D eigenvalue weighted by molar-refractivity contribution is 0.0944. The lowest BCUT2D eigenvalue weighted by atomic mass is 10.1. The Morgan fingerprint density at radius 3 is 2.79 bits per heavy atom. The average Bonchev–Trinajstić information content (AvgIpc) is 2.78. The first-order valence-corrected chi connectivity index (χ1v) is 11.5. The molecule has 1 aromatic carbocycles. The molecule has 11 heteroatoms. The molecule has 0 aliphatic carbocycles. The number of carbonyl (C=O) groups is 1.